The lowest BCUT2D eigenvalue weighted by atomic mass is 9.91. The van der Waals surface area contributed by atoms with E-state index in [1.54, 1.807) is 12.1 Å². The Morgan fingerprint density at radius 2 is 2.14 bits per heavy atom. The summed E-state index contributed by atoms with van der Waals surface area (Å²) in [5.41, 5.74) is 0.829. The molecule has 2 rings (SSSR count). The number of nitro benzene ring substituents is 1. The monoisotopic (exact) mass is 294 g/mol. The van der Waals surface area contributed by atoms with E-state index in [1.165, 1.54) is 7.11 Å². The van der Waals surface area contributed by atoms with E-state index in [9.17, 15) is 15.2 Å². The van der Waals surface area contributed by atoms with Crippen LogP contribution < -0.4 is 4.74 Å². The highest BCUT2D eigenvalue weighted by Crippen LogP contribution is 2.29. The molecule has 0 amide bonds. The van der Waals surface area contributed by atoms with Gasteiger partial charge in [0, 0.05) is 18.7 Å². The third kappa shape index (κ3) is 3.71. The predicted molar refractivity (Wildman–Crippen MR) is 79.4 cm³/mol. The van der Waals surface area contributed by atoms with Crippen molar-refractivity contribution in [3.05, 3.63) is 33.9 Å². The molecule has 116 valence electrons. The summed E-state index contributed by atoms with van der Waals surface area (Å²) in [4.78, 5) is 12.7. The number of hydrogen-bond acceptors (Lipinski definition) is 5. The van der Waals surface area contributed by atoms with Gasteiger partial charge in [0.2, 0.25) is 0 Å². The van der Waals surface area contributed by atoms with Crippen LogP contribution in [-0.2, 0) is 6.54 Å². The average molecular weight is 294 g/mol. The van der Waals surface area contributed by atoms with Crippen LogP contribution in [0, 0.1) is 10.1 Å². The van der Waals surface area contributed by atoms with Gasteiger partial charge in [-0.1, -0.05) is 18.9 Å². The van der Waals surface area contributed by atoms with Crippen LogP contribution in [0.4, 0.5) is 5.69 Å². The van der Waals surface area contributed by atoms with Gasteiger partial charge in [0.1, 0.15) is 0 Å². The van der Waals surface area contributed by atoms with Crippen LogP contribution in [0.1, 0.15) is 31.2 Å². The van der Waals surface area contributed by atoms with Crippen molar-refractivity contribution >= 4 is 5.69 Å². The van der Waals surface area contributed by atoms with Crippen molar-refractivity contribution in [2.24, 2.45) is 0 Å². The minimum absolute atomic E-state index is 0.0207. The molecule has 0 aromatic heterocycles. The van der Waals surface area contributed by atoms with Crippen molar-refractivity contribution in [1.82, 2.24) is 4.90 Å². The molecule has 1 aromatic rings. The summed E-state index contributed by atoms with van der Waals surface area (Å²) in [6.45, 7) is 0.576. The Bertz CT molecular complexity index is 506. The first-order valence-electron chi connectivity index (χ1n) is 7.22. The van der Waals surface area contributed by atoms with E-state index in [1.807, 2.05) is 13.1 Å². The van der Waals surface area contributed by atoms with Crippen molar-refractivity contribution in [2.75, 3.05) is 14.2 Å². The van der Waals surface area contributed by atoms with Crippen LogP contribution in [0.3, 0.4) is 0 Å². The molecule has 0 bridgehead atoms. The molecule has 1 aromatic carbocycles. The largest absolute Gasteiger partial charge is 0.490 e. The lowest BCUT2D eigenvalue weighted by Gasteiger charge is -2.35. The van der Waals surface area contributed by atoms with Crippen LogP contribution >= 0.6 is 0 Å². The number of likely N-dealkylation sites (N-methyl/N-ethyl adjacent to an activating group) is 1. The fourth-order valence-electron chi connectivity index (χ4n) is 2.99. The topological polar surface area (TPSA) is 75.8 Å². The highest BCUT2D eigenvalue weighted by atomic mass is 16.6. The number of nitro groups is 1. The molecule has 21 heavy (non-hydrogen) atoms. The third-order valence-corrected chi connectivity index (χ3v) is 4.13. The second-order valence-electron chi connectivity index (χ2n) is 5.60. The van der Waals surface area contributed by atoms with Crippen molar-refractivity contribution in [1.29, 1.82) is 0 Å². The molecule has 2 atom stereocenters. The fraction of sp³-hybridized carbons (Fsp3) is 0.600. The van der Waals surface area contributed by atoms with Crippen molar-refractivity contribution in [3.63, 3.8) is 0 Å². The molecule has 0 aliphatic heterocycles. The van der Waals surface area contributed by atoms with Gasteiger partial charge in [-0.25, -0.2) is 0 Å². The molecular formula is C15H22N2O4. The first kappa shape index (κ1) is 15.7. The lowest BCUT2D eigenvalue weighted by Crippen LogP contribution is -2.42. The van der Waals surface area contributed by atoms with Gasteiger partial charge >= 0.3 is 5.69 Å². The van der Waals surface area contributed by atoms with E-state index >= 15 is 0 Å². The molecule has 0 unspecified atom stereocenters. The molecule has 0 spiro atoms. The van der Waals surface area contributed by atoms with Gasteiger partial charge in [-0.2, -0.15) is 0 Å². The number of methoxy groups -OCH3 is 1. The number of benzene rings is 1. The Balaban J connectivity index is 2.11. The van der Waals surface area contributed by atoms with Gasteiger partial charge in [0.05, 0.1) is 18.1 Å². The summed E-state index contributed by atoms with van der Waals surface area (Å²) in [7, 11) is 3.38. The minimum Gasteiger partial charge on any atom is -0.490 e. The van der Waals surface area contributed by atoms with Gasteiger partial charge < -0.3 is 9.84 Å². The molecule has 1 fully saturated rings. The highest BCUT2D eigenvalue weighted by Gasteiger charge is 2.27. The Morgan fingerprint density at radius 3 is 2.76 bits per heavy atom. The van der Waals surface area contributed by atoms with Gasteiger partial charge in [-0.05, 0) is 31.5 Å². The van der Waals surface area contributed by atoms with E-state index in [-0.39, 0.29) is 23.6 Å². The molecule has 1 aliphatic rings. The molecular weight excluding hydrogens is 272 g/mol. The standard InChI is InChI=1S/C15H22N2O4/c1-16(12-5-3-4-6-14(12)18)10-11-7-8-15(21-2)13(9-11)17(19)20/h7-9,12,14,18H,3-6,10H2,1-2H3/t12-,14-/m1/s1. The summed E-state index contributed by atoms with van der Waals surface area (Å²) in [5, 5.41) is 21.1. The maximum Gasteiger partial charge on any atom is 0.311 e. The van der Waals surface area contributed by atoms with E-state index in [0.717, 1.165) is 31.2 Å². The van der Waals surface area contributed by atoms with Crippen LogP contribution in [0.2, 0.25) is 0 Å². The van der Waals surface area contributed by atoms with E-state index in [2.05, 4.69) is 4.90 Å². The quantitative estimate of drug-likeness (QED) is 0.666. The number of aliphatic hydroxyl groups excluding tert-OH is 1. The number of rotatable bonds is 5. The summed E-state index contributed by atoms with van der Waals surface area (Å²) in [5.74, 6) is 0.268. The normalized spacial score (nSPS) is 22.3. The molecule has 6 heteroatoms. The number of ether oxygens (including phenoxy) is 1. The van der Waals surface area contributed by atoms with E-state index in [0.29, 0.717) is 6.54 Å². The lowest BCUT2D eigenvalue weighted by molar-refractivity contribution is -0.385. The van der Waals surface area contributed by atoms with Crippen molar-refractivity contribution in [3.8, 4) is 5.75 Å². The van der Waals surface area contributed by atoms with E-state index in [4.69, 9.17) is 4.74 Å². The molecule has 1 N–H and O–H groups in total. The SMILES string of the molecule is COc1ccc(CN(C)[C@@H]2CCCC[C@H]2O)cc1[N+](=O)[O-]. The Hall–Kier alpha value is -1.66. The molecule has 6 nitrogen and oxygen atoms in total. The molecule has 0 radical (unpaired) electrons. The molecule has 0 heterocycles. The third-order valence-electron chi connectivity index (χ3n) is 4.13. The highest BCUT2D eigenvalue weighted by molar-refractivity contribution is 5.48. The van der Waals surface area contributed by atoms with E-state index < -0.39 is 4.92 Å². The summed E-state index contributed by atoms with van der Waals surface area (Å²) in [6.07, 6.45) is 3.68. The summed E-state index contributed by atoms with van der Waals surface area (Å²) < 4.78 is 5.00. The number of hydrogen-bond donors (Lipinski definition) is 1. The first-order chi connectivity index (χ1) is 10.0. The van der Waals surface area contributed by atoms with Crippen LogP contribution in [0.15, 0.2) is 18.2 Å². The molecule has 0 saturated heterocycles. The van der Waals surface area contributed by atoms with Gasteiger partial charge in [-0.15, -0.1) is 0 Å². The second-order valence-corrected chi connectivity index (χ2v) is 5.60. The van der Waals surface area contributed by atoms with Crippen LogP contribution in [0.5, 0.6) is 5.75 Å². The maximum atomic E-state index is 11.0. The first-order valence-corrected chi connectivity index (χ1v) is 7.22. The van der Waals surface area contributed by atoms with Gasteiger partial charge in [0.25, 0.3) is 0 Å². The number of nitrogens with zero attached hydrogens (tertiary/aromatic N) is 2. The smallest absolute Gasteiger partial charge is 0.311 e. The second kappa shape index (κ2) is 6.87. The van der Waals surface area contributed by atoms with Crippen molar-refractivity contribution in [2.45, 2.75) is 44.4 Å². The zero-order valence-electron chi connectivity index (χ0n) is 12.5. The Kier molecular flexibility index (Phi) is 5.14. The van der Waals surface area contributed by atoms with Crippen LogP contribution in [-0.4, -0.2) is 41.2 Å². The molecule has 1 aliphatic carbocycles. The molecule has 1 saturated carbocycles. The average Bonchev–Trinajstić information content (AvgIpc) is 2.47. The Morgan fingerprint density at radius 1 is 1.43 bits per heavy atom. The van der Waals surface area contributed by atoms with Gasteiger partial charge in [0.15, 0.2) is 5.75 Å². The zero-order valence-corrected chi connectivity index (χ0v) is 12.5. The number of aliphatic hydroxyl groups is 1. The summed E-state index contributed by atoms with van der Waals surface area (Å²) >= 11 is 0. The zero-order chi connectivity index (χ0) is 15.4. The fourth-order valence-corrected chi connectivity index (χ4v) is 2.99. The predicted octanol–water partition coefficient (Wildman–Crippen LogP) is 2.34. The van der Waals surface area contributed by atoms with Gasteiger partial charge in [-0.3, -0.25) is 15.0 Å². The van der Waals surface area contributed by atoms with Crippen LogP contribution in [0.25, 0.3) is 0 Å². The minimum atomic E-state index is -0.433. The van der Waals surface area contributed by atoms with Crippen molar-refractivity contribution < 1.29 is 14.8 Å². The summed E-state index contributed by atoms with van der Waals surface area (Å²) in [6, 6.07) is 5.13. The Labute approximate surface area is 124 Å². The maximum absolute atomic E-state index is 11.0.